The molecular formula is C12H14BrN3O2. The quantitative estimate of drug-likeness (QED) is 0.940. The molecule has 1 atom stereocenters. The molecule has 5 nitrogen and oxygen atoms in total. The van der Waals surface area contributed by atoms with Crippen molar-refractivity contribution < 1.29 is 9.84 Å². The molecule has 0 saturated carbocycles. The maximum Gasteiger partial charge on any atom is 0.163 e. The highest BCUT2D eigenvalue weighted by atomic mass is 79.9. The molecule has 0 aliphatic heterocycles. The standard InChI is InChI=1S/C12H14BrN3O2/c1-3-16-11(9(18-2)7-15-16)12(17)10-8(13)5-4-6-14-10/h4-7,12,17H,3H2,1-2H3. The van der Waals surface area contributed by atoms with Crippen molar-refractivity contribution in [3.05, 3.63) is 40.4 Å². The zero-order chi connectivity index (χ0) is 13.1. The largest absolute Gasteiger partial charge is 0.493 e. The number of pyridine rings is 1. The molecule has 1 unspecified atom stereocenters. The molecule has 2 aromatic heterocycles. The first-order valence-corrected chi connectivity index (χ1v) is 6.36. The molecular weight excluding hydrogens is 298 g/mol. The summed E-state index contributed by atoms with van der Waals surface area (Å²) in [5.41, 5.74) is 1.16. The van der Waals surface area contributed by atoms with Gasteiger partial charge in [-0.1, -0.05) is 0 Å². The number of hydrogen-bond acceptors (Lipinski definition) is 4. The third-order valence-corrected chi connectivity index (χ3v) is 3.34. The van der Waals surface area contributed by atoms with Gasteiger partial charge in [0.1, 0.15) is 11.8 Å². The van der Waals surface area contributed by atoms with Gasteiger partial charge in [0.25, 0.3) is 0 Å². The Hall–Kier alpha value is -1.40. The van der Waals surface area contributed by atoms with Gasteiger partial charge >= 0.3 is 0 Å². The van der Waals surface area contributed by atoms with E-state index in [1.165, 1.54) is 0 Å². The van der Waals surface area contributed by atoms with Crippen LogP contribution in [0.2, 0.25) is 0 Å². The van der Waals surface area contributed by atoms with Crippen LogP contribution in [0.3, 0.4) is 0 Å². The predicted octanol–water partition coefficient (Wildman–Crippen LogP) is 2.15. The lowest BCUT2D eigenvalue weighted by atomic mass is 10.1. The topological polar surface area (TPSA) is 60.2 Å². The fourth-order valence-corrected chi connectivity index (χ4v) is 2.26. The minimum atomic E-state index is -0.877. The van der Waals surface area contributed by atoms with Crippen LogP contribution < -0.4 is 4.74 Å². The van der Waals surface area contributed by atoms with E-state index in [0.717, 1.165) is 4.47 Å². The van der Waals surface area contributed by atoms with E-state index in [1.54, 1.807) is 30.3 Å². The van der Waals surface area contributed by atoms with Gasteiger partial charge in [0.15, 0.2) is 5.75 Å². The first-order chi connectivity index (χ1) is 8.69. The van der Waals surface area contributed by atoms with Gasteiger partial charge in [-0.25, -0.2) is 0 Å². The second kappa shape index (κ2) is 5.49. The Labute approximate surface area is 114 Å². The molecule has 0 aliphatic rings. The van der Waals surface area contributed by atoms with E-state index in [0.29, 0.717) is 23.7 Å². The lowest BCUT2D eigenvalue weighted by Gasteiger charge is -2.14. The van der Waals surface area contributed by atoms with Crippen molar-refractivity contribution in [2.24, 2.45) is 0 Å². The number of hydrogen-bond donors (Lipinski definition) is 1. The Bertz CT molecular complexity index is 520. The molecule has 18 heavy (non-hydrogen) atoms. The minimum absolute atomic E-state index is 0.547. The van der Waals surface area contributed by atoms with Gasteiger partial charge in [0.05, 0.1) is 19.0 Å². The Balaban J connectivity index is 2.48. The number of nitrogens with zero attached hydrogens (tertiary/aromatic N) is 3. The summed E-state index contributed by atoms with van der Waals surface area (Å²) in [6.07, 6.45) is 2.36. The molecule has 2 rings (SSSR count). The van der Waals surface area contributed by atoms with Crippen LogP contribution in [-0.4, -0.2) is 27.0 Å². The van der Waals surface area contributed by atoms with Crippen LogP contribution >= 0.6 is 15.9 Å². The molecule has 0 aromatic carbocycles. The molecule has 96 valence electrons. The summed E-state index contributed by atoms with van der Waals surface area (Å²) in [4.78, 5) is 4.19. The van der Waals surface area contributed by atoms with Crippen LogP contribution in [0.1, 0.15) is 24.4 Å². The lowest BCUT2D eigenvalue weighted by molar-refractivity contribution is 0.197. The number of aliphatic hydroxyl groups excluding tert-OH is 1. The zero-order valence-electron chi connectivity index (χ0n) is 10.2. The van der Waals surface area contributed by atoms with E-state index in [9.17, 15) is 5.11 Å². The van der Waals surface area contributed by atoms with Gasteiger partial charge in [-0.3, -0.25) is 9.67 Å². The average Bonchev–Trinajstić information content (AvgIpc) is 2.81. The number of aliphatic hydroxyl groups is 1. The normalized spacial score (nSPS) is 12.4. The van der Waals surface area contributed by atoms with E-state index < -0.39 is 6.10 Å². The fraction of sp³-hybridized carbons (Fsp3) is 0.333. The Morgan fingerprint density at radius 2 is 2.33 bits per heavy atom. The van der Waals surface area contributed by atoms with E-state index in [1.807, 2.05) is 13.0 Å². The molecule has 0 fully saturated rings. The highest BCUT2D eigenvalue weighted by molar-refractivity contribution is 9.10. The zero-order valence-corrected chi connectivity index (χ0v) is 11.8. The molecule has 0 spiro atoms. The van der Waals surface area contributed by atoms with Crippen molar-refractivity contribution in [3.8, 4) is 5.75 Å². The van der Waals surface area contributed by atoms with Crippen molar-refractivity contribution in [2.45, 2.75) is 19.6 Å². The Morgan fingerprint density at radius 1 is 1.56 bits per heavy atom. The highest BCUT2D eigenvalue weighted by Gasteiger charge is 2.23. The number of ether oxygens (including phenoxy) is 1. The summed E-state index contributed by atoms with van der Waals surface area (Å²) >= 11 is 3.38. The predicted molar refractivity (Wildman–Crippen MR) is 70.5 cm³/mol. The number of halogens is 1. The van der Waals surface area contributed by atoms with Crippen LogP contribution in [0.4, 0.5) is 0 Å². The van der Waals surface area contributed by atoms with Crippen LogP contribution in [0, 0.1) is 0 Å². The Morgan fingerprint density at radius 3 is 2.94 bits per heavy atom. The first-order valence-electron chi connectivity index (χ1n) is 5.57. The molecule has 2 heterocycles. The molecule has 0 aliphatic carbocycles. The SMILES string of the molecule is CCn1ncc(OC)c1C(O)c1ncccc1Br. The second-order valence-electron chi connectivity index (χ2n) is 3.69. The van der Waals surface area contributed by atoms with Crippen LogP contribution in [0.15, 0.2) is 29.0 Å². The van der Waals surface area contributed by atoms with E-state index in [-0.39, 0.29) is 0 Å². The smallest absolute Gasteiger partial charge is 0.163 e. The first kappa shape index (κ1) is 13.0. The summed E-state index contributed by atoms with van der Waals surface area (Å²) in [7, 11) is 1.56. The van der Waals surface area contributed by atoms with E-state index in [2.05, 4.69) is 26.0 Å². The molecule has 0 amide bonds. The van der Waals surface area contributed by atoms with Crippen molar-refractivity contribution in [2.75, 3.05) is 7.11 Å². The van der Waals surface area contributed by atoms with Gasteiger partial charge in [-0.15, -0.1) is 0 Å². The summed E-state index contributed by atoms with van der Waals surface area (Å²) in [5.74, 6) is 0.557. The fourth-order valence-electron chi connectivity index (χ4n) is 1.79. The summed E-state index contributed by atoms with van der Waals surface area (Å²) in [5, 5.41) is 14.6. The molecule has 6 heteroatoms. The third kappa shape index (κ3) is 2.26. The summed E-state index contributed by atoms with van der Waals surface area (Å²) < 4.78 is 7.68. The van der Waals surface area contributed by atoms with Crippen molar-refractivity contribution in [1.29, 1.82) is 0 Å². The van der Waals surface area contributed by atoms with E-state index in [4.69, 9.17) is 4.74 Å². The van der Waals surface area contributed by atoms with Crippen molar-refractivity contribution in [3.63, 3.8) is 0 Å². The van der Waals surface area contributed by atoms with Crippen molar-refractivity contribution >= 4 is 15.9 Å². The number of methoxy groups -OCH3 is 1. The molecule has 2 aromatic rings. The number of aromatic nitrogens is 3. The van der Waals surface area contributed by atoms with Crippen LogP contribution in [0.25, 0.3) is 0 Å². The monoisotopic (exact) mass is 311 g/mol. The minimum Gasteiger partial charge on any atom is -0.493 e. The molecule has 0 bridgehead atoms. The van der Waals surface area contributed by atoms with Gasteiger partial charge in [0.2, 0.25) is 0 Å². The van der Waals surface area contributed by atoms with Gasteiger partial charge in [-0.05, 0) is 35.0 Å². The molecule has 0 radical (unpaired) electrons. The van der Waals surface area contributed by atoms with Gasteiger partial charge in [0, 0.05) is 17.2 Å². The highest BCUT2D eigenvalue weighted by Crippen LogP contribution is 2.32. The van der Waals surface area contributed by atoms with Crippen molar-refractivity contribution in [1.82, 2.24) is 14.8 Å². The number of rotatable bonds is 4. The maximum atomic E-state index is 10.5. The Kier molecular flexibility index (Phi) is 3.98. The summed E-state index contributed by atoms with van der Waals surface area (Å²) in [6, 6.07) is 3.64. The average molecular weight is 312 g/mol. The maximum absolute atomic E-state index is 10.5. The third-order valence-electron chi connectivity index (χ3n) is 2.67. The second-order valence-corrected chi connectivity index (χ2v) is 4.54. The van der Waals surface area contributed by atoms with Gasteiger partial charge in [-0.2, -0.15) is 5.10 Å². The number of aryl methyl sites for hydroxylation is 1. The summed E-state index contributed by atoms with van der Waals surface area (Å²) in [6.45, 7) is 2.61. The van der Waals surface area contributed by atoms with Crippen LogP contribution in [-0.2, 0) is 6.54 Å². The lowest BCUT2D eigenvalue weighted by Crippen LogP contribution is -2.11. The van der Waals surface area contributed by atoms with Crippen LogP contribution in [0.5, 0.6) is 5.75 Å². The van der Waals surface area contributed by atoms with E-state index >= 15 is 0 Å². The molecule has 1 N–H and O–H groups in total. The molecule has 0 saturated heterocycles. The van der Waals surface area contributed by atoms with Gasteiger partial charge < -0.3 is 9.84 Å².